The number of ether oxygens (including phenoxy) is 2. The molecule has 0 saturated carbocycles. The number of allylic oxidation sites excluding steroid dienone is 1. The zero-order valence-electron chi connectivity index (χ0n) is 19.5. The van der Waals surface area contributed by atoms with Crippen molar-refractivity contribution in [2.75, 3.05) is 52.3 Å². The number of hydrogen-bond acceptors (Lipinski definition) is 5. The summed E-state index contributed by atoms with van der Waals surface area (Å²) >= 11 is 0. The van der Waals surface area contributed by atoms with Crippen molar-refractivity contribution < 1.29 is 14.3 Å². The number of anilines is 1. The van der Waals surface area contributed by atoms with Gasteiger partial charge in [-0.1, -0.05) is 18.6 Å². The van der Waals surface area contributed by atoms with Gasteiger partial charge in [-0.15, -0.1) is 0 Å². The monoisotopic (exact) mass is 434 g/mol. The normalized spacial score (nSPS) is 17.5. The molecule has 0 N–H and O–H groups in total. The Bertz CT molecular complexity index is 973. The van der Waals surface area contributed by atoms with Crippen LogP contribution in [0.15, 0.2) is 42.0 Å². The van der Waals surface area contributed by atoms with E-state index >= 15 is 0 Å². The van der Waals surface area contributed by atoms with Crippen LogP contribution in [0, 0.1) is 0 Å². The van der Waals surface area contributed by atoms with Crippen LogP contribution in [-0.2, 0) is 6.42 Å². The third-order valence-electron chi connectivity index (χ3n) is 6.38. The highest BCUT2D eigenvalue weighted by Crippen LogP contribution is 2.37. The number of methoxy groups -OCH3 is 1. The highest BCUT2D eigenvalue weighted by atomic mass is 16.5. The van der Waals surface area contributed by atoms with Gasteiger partial charge in [0.2, 0.25) is 0 Å². The predicted octanol–water partition coefficient (Wildman–Crippen LogP) is 4.84. The van der Waals surface area contributed by atoms with Gasteiger partial charge in [0.05, 0.1) is 13.7 Å². The number of rotatable bonds is 8. The van der Waals surface area contributed by atoms with Gasteiger partial charge < -0.3 is 19.3 Å². The van der Waals surface area contributed by atoms with Crippen LogP contribution in [-0.4, -0.2) is 58.1 Å². The number of carbonyl (C=O) groups excluding carboxylic acids is 1. The number of benzene rings is 2. The van der Waals surface area contributed by atoms with Gasteiger partial charge in [-0.05, 0) is 73.8 Å². The molecule has 0 radical (unpaired) electrons. The van der Waals surface area contributed by atoms with Crippen molar-refractivity contribution in [3.05, 3.63) is 58.7 Å². The van der Waals surface area contributed by atoms with Gasteiger partial charge in [-0.25, -0.2) is 0 Å². The van der Waals surface area contributed by atoms with E-state index in [9.17, 15) is 4.79 Å². The van der Waals surface area contributed by atoms with E-state index in [2.05, 4.69) is 34.1 Å². The molecule has 2 aromatic rings. The fraction of sp³-hybridized carbons (Fsp3) is 0.444. The molecule has 32 heavy (non-hydrogen) atoms. The Kier molecular flexibility index (Phi) is 7.15. The van der Waals surface area contributed by atoms with Crippen molar-refractivity contribution in [1.82, 2.24) is 4.90 Å². The zero-order valence-corrected chi connectivity index (χ0v) is 19.5. The minimum absolute atomic E-state index is 0.0810. The summed E-state index contributed by atoms with van der Waals surface area (Å²) in [5.41, 5.74) is 4.71. The van der Waals surface area contributed by atoms with Crippen LogP contribution in [0.25, 0.3) is 6.08 Å². The molecule has 1 heterocycles. The van der Waals surface area contributed by atoms with Crippen LogP contribution >= 0.6 is 0 Å². The summed E-state index contributed by atoms with van der Waals surface area (Å²) in [6, 6.07) is 12.1. The average molecular weight is 435 g/mol. The smallest absolute Gasteiger partial charge is 0.189 e. The lowest BCUT2D eigenvalue weighted by molar-refractivity contribution is 0.104. The van der Waals surface area contributed by atoms with Crippen LogP contribution < -0.4 is 14.4 Å². The largest absolute Gasteiger partial charge is 0.493 e. The number of hydrogen-bond donors (Lipinski definition) is 0. The van der Waals surface area contributed by atoms with Crippen molar-refractivity contribution in [1.29, 1.82) is 0 Å². The Balaban J connectivity index is 1.43. The van der Waals surface area contributed by atoms with Crippen LogP contribution in [0.5, 0.6) is 11.5 Å². The fourth-order valence-electron chi connectivity index (χ4n) is 4.53. The second-order valence-electron chi connectivity index (χ2n) is 8.93. The second kappa shape index (κ2) is 10.2. The van der Waals surface area contributed by atoms with E-state index in [0.29, 0.717) is 24.5 Å². The van der Waals surface area contributed by atoms with Crippen molar-refractivity contribution in [2.24, 2.45) is 0 Å². The first-order valence-corrected chi connectivity index (χ1v) is 11.6. The minimum atomic E-state index is 0.0810. The van der Waals surface area contributed by atoms with Crippen LogP contribution in [0.1, 0.15) is 47.2 Å². The standard InChI is InChI=1S/C27H34N2O3/c1-28(2)23-10-8-20(9-11-23)16-22-17-21-18-25(31-3)26(19-24(21)27(22)30)32-15-7-14-29-12-5-4-6-13-29/h8-11,16,18-19H,4-7,12-15,17H2,1-3H3/b22-16+. The topological polar surface area (TPSA) is 42.0 Å². The van der Waals surface area contributed by atoms with E-state index in [4.69, 9.17) is 9.47 Å². The number of carbonyl (C=O) groups is 1. The van der Waals surface area contributed by atoms with Gasteiger partial charge in [0.1, 0.15) is 0 Å². The lowest BCUT2D eigenvalue weighted by Gasteiger charge is -2.26. The highest BCUT2D eigenvalue weighted by molar-refractivity contribution is 6.15. The van der Waals surface area contributed by atoms with Gasteiger partial charge >= 0.3 is 0 Å². The maximum Gasteiger partial charge on any atom is 0.189 e. The maximum absolute atomic E-state index is 13.1. The Morgan fingerprint density at radius 1 is 1.03 bits per heavy atom. The number of piperidine rings is 1. The summed E-state index contributed by atoms with van der Waals surface area (Å²) in [5, 5.41) is 0. The van der Waals surface area contributed by atoms with E-state index in [0.717, 1.165) is 40.9 Å². The van der Waals surface area contributed by atoms with Crippen LogP contribution in [0.3, 0.4) is 0 Å². The molecule has 1 fully saturated rings. The number of fused-ring (bicyclic) bond motifs is 1. The summed E-state index contributed by atoms with van der Waals surface area (Å²) in [5.74, 6) is 1.44. The Morgan fingerprint density at radius 2 is 1.78 bits per heavy atom. The van der Waals surface area contributed by atoms with Crippen LogP contribution in [0.4, 0.5) is 5.69 Å². The van der Waals surface area contributed by atoms with E-state index in [1.54, 1.807) is 7.11 Å². The molecular formula is C27H34N2O3. The molecule has 5 heteroatoms. The molecule has 2 aromatic carbocycles. The third-order valence-corrected chi connectivity index (χ3v) is 6.38. The summed E-state index contributed by atoms with van der Waals surface area (Å²) in [4.78, 5) is 17.7. The van der Waals surface area contributed by atoms with E-state index in [-0.39, 0.29) is 5.78 Å². The molecule has 1 saturated heterocycles. The maximum atomic E-state index is 13.1. The number of Topliss-reactive ketones (excluding diaryl/α,β-unsaturated/α-hetero) is 1. The Morgan fingerprint density at radius 3 is 2.47 bits per heavy atom. The molecule has 1 aliphatic heterocycles. The first-order valence-electron chi connectivity index (χ1n) is 11.6. The van der Waals surface area contributed by atoms with Gasteiger partial charge in [-0.2, -0.15) is 0 Å². The molecule has 0 aromatic heterocycles. The molecule has 0 unspecified atom stereocenters. The SMILES string of the molecule is COc1cc2c(cc1OCCCN1CCCCC1)C(=O)/C(=C/c1ccc(N(C)C)cc1)C2. The fourth-order valence-corrected chi connectivity index (χ4v) is 4.53. The second-order valence-corrected chi connectivity index (χ2v) is 8.93. The van der Waals surface area contributed by atoms with Gasteiger partial charge in [-0.3, -0.25) is 4.79 Å². The molecule has 5 nitrogen and oxygen atoms in total. The minimum Gasteiger partial charge on any atom is -0.493 e. The summed E-state index contributed by atoms with van der Waals surface area (Å²) < 4.78 is 11.6. The lowest BCUT2D eigenvalue weighted by Crippen LogP contribution is -2.31. The van der Waals surface area contributed by atoms with Crippen molar-refractivity contribution >= 4 is 17.5 Å². The molecule has 170 valence electrons. The van der Waals surface area contributed by atoms with Crippen molar-refractivity contribution in [3.8, 4) is 11.5 Å². The zero-order chi connectivity index (χ0) is 22.5. The summed E-state index contributed by atoms with van der Waals surface area (Å²) in [6.07, 6.45) is 7.55. The molecule has 1 aliphatic carbocycles. The summed E-state index contributed by atoms with van der Waals surface area (Å²) in [7, 11) is 5.69. The predicted molar refractivity (Wildman–Crippen MR) is 130 cm³/mol. The van der Waals surface area contributed by atoms with Gasteiger partial charge in [0, 0.05) is 43.9 Å². The van der Waals surface area contributed by atoms with E-state index in [1.165, 1.54) is 32.4 Å². The number of likely N-dealkylation sites (tertiary alicyclic amines) is 1. The van der Waals surface area contributed by atoms with Gasteiger partial charge in [0.25, 0.3) is 0 Å². The van der Waals surface area contributed by atoms with Gasteiger partial charge in [0.15, 0.2) is 17.3 Å². The first-order chi connectivity index (χ1) is 15.5. The quantitative estimate of drug-likeness (QED) is 0.439. The number of ketones is 1. The van der Waals surface area contributed by atoms with E-state index < -0.39 is 0 Å². The lowest BCUT2D eigenvalue weighted by atomic mass is 10.1. The molecule has 2 aliphatic rings. The average Bonchev–Trinajstić information content (AvgIpc) is 3.11. The molecule has 0 atom stereocenters. The number of nitrogens with zero attached hydrogens (tertiary/aromatic N) is 2. The molecule has 0 spiro atoms. The highest BCUT2D eigenvalue weighted by Gasteiger charge is 2.27. The van der Waals surface area contributed by atoms with Crippen LogP contribution in [0.2, 0.25) is 0 Å². The molecule has 4 rings (SSSR count). The molecule has 0 amide bonds. The summed E-state index contributed by atoms with van der Waals surface area (Å²) in [6.45, 7) is 4.08. The molecule has 0 bridgehead atoms. The molecular weight excluding hydrogens is 400 g/mol. The van der Waals surface area contributed by atoms with E-state index in [1.807, 2.05) is 32.3 Å². The van der Waals surface area contributed by atoms with Crippen molar-refractivity contribution in [2.45, 2.75) is 32.1 Å². The Labute approximate surface area is 191 Å². The first kappa shape index (κ1) is 22.4. The third kappa shape index (κ3) is 5.16. The van der Waals surface area contributed by atoms with Crippen molar-refractivity contribution in [3.63, 3.8) is 0 Å². The Hall–Kier alpha value is -2.79.